The van der Waals surface area contributed by atoms with Crippen molar-refractivity contribution in [2.24, 2.45) is 17.1 Å². The van der Waals surface area contributed by atoms with Gasteiger partial charge in [-0.1, -0.05) is 39.0 Å². The van der Waals surface area contributed by atoms with Crippen molar-refractivity contribution in [3.05, 3.63) is 0 Å². The lowest BCUT2D eigenvalue weighted by Crippen LogP contribution is -2.63. The van der Waals surface area contributed by atoms with Crippen molar-refractivity contribution in [2.75, 3.05) is 0 Å². The standard InChI is InChI=1S/C16H29NO/c1-12-7-3-4-8-13(12)18-15-11-14(17)16(15)9-5-2-6-10-16/h12-15H,2-11,17H2,1H3. The van der Waals surface area contributed by atoms with E-state index in [0.29, 0.717) is 23.7 Å². The second-order valence-corrected chi connectivity index (χ2v) is 7.06. The minimum Gasteiger partial charge on any atom is -0.374 e. The average molecular weight is 251 g/mol. The zero-order chi connectivity index (χ0) is 12.6. The fourth-order valence-corrected chi connectivity index (χ4v) is 4.57. The molecule has 0 aliphatic heterocycles. The van der Waals surface area contributed by atoms with Crippen LogP contribution < -0.4 is 5.73 Å². The Labute approximate surface area is 112 Å². The van der Waals surface area contributed by atoms with Crippen LogP contribution in [-0.4, -0.2) is 18.2 Å². The third-order valence-corrected chi connectivity index (χ3v) is 6.00. The van der Waals surface area contributed by atoms with Gasteiger partial charge in [0, 0.05) is 11.5 Å². The lowest BCUT2D eigenvalue weighted by Gasteiger charge is -2.57. The van der Waals surface area contributed by atoms with Crippen LogP contribution in [0.2, 0.25) is 0 Å². The molecule has 0 bridgehead atoms. The van der Waals surface area contributed by atoms with E-state index in [-0.39, 0.29) is 0 Å². The quantitative estimate of drug-likeness (QED) is 0.813. The minimum absolute atomic E-state index is 0.370. The van der Waals surface area contributed by atoms with Crippen LogP contribution in [0.15, 0.2) is 0 Å². The van der Waals surface area contributed by atoms with Crippen molar-refractivity contribution in [1.29, 1.82) is 0 Å². The molecule has 3 rings (SSSR count). The van der Waals surface area contributed by atoms with E-state index in [1.807, 2.05) is 0 Å². The van der Waals surface area contributed by atoms with Crippen LogP contribution in [0.1, 0.15) is 71.1 Å². The van der Waals surface area contributed by atoms with Gasteiger partial charge in [0.05, 0.1) is 12.2 Å². The van der Waals surface area contributed by atoms with Gasteiger partial charge in [0.15, 0.2) is 0 Å². The predicted octanol–water partition coefficient (Wildman–Crippen LogP) is 3.63. The Balaban J connectivity index is 1.62. The van der Waals surface area contributed by atoms with E-state index in [9.17, 15) is 0 Å². The molecular formula is C16H29NO. The molecule has 2 heteroatoms. The zero-order valence-electron chi connectivity index (χ0n) is 11.9. The lowest BCUT2D eigenvalue weighted by atomic mass is 9.55. The Hall–Kier alpha value is -0.0800. The highest BCUT2D eigenvalue weighted by Crippen LogP contribution is 2.53. The van der Waals surface area contributed by atoms with Crippen LogP contribution in [0.4, 0.5) is 0 Å². The molecule has 0 saturated heterocycles. The molecule has 0 heterocycles. The van der Waals surface area contributed by atoms with Crippen molar-refractivity contribution in [3.8, 4) is 0 Å². The van der Waals surface area contributed by atoms with E-state index in [0.717, 1.165) is 12.3 Å². The first kappa shape index (κ1) is 12.9. The van der Waals surface area contributed by atoms with Gasteiger partial charge in [-0.3, -0.25) is 0 Å². The van der Waals surface area contributed by atoms with Crippen molar-refractivity contribution in [2.45, 2.75) is 89.4 Å². The molecule has 0 radical (unpaired) electrons. The smallest absolute Gasteiger partial charge is 0.0665 e. The molecule has 4 unspecified atom stereocenters. The number of ether oxygens (including phenoxy) is 1. The summed E-state index contributed by atoms with van der Waals surface area (Å²) >= 11 is 0. The summed E-state index contributed by atoms with van der Waals surface area (Å²) in [7, 11) is 0. The Morgan fingerprint density at radius 3 is 2.39 bits per heavy atom. The fraction of sp³-hybridized carbons (Fsp3) is 1.00. The number of hydrogen-bond donors (Lipinski definition) is 1. The Kier molecular flexibility index (Phi) is 3.68. The van der Waals surface area contributed by atoms with E-state index in [4.69, 9.17) is 10.5 Å². The molecule has 0 amide bonds. The molecular weight excluding hydrogens is 222 g/mol. The Morgan fingerprint density at radius 2 is 1.72 bits per heavy atom. The first-order chi connectivity index (χ1) is 8.72. The topological polar surface area (TPSA) is 35.2 Å². The summed E-state index contributed by atoms with van der Waals surface area (Å²) in [6.07, 6.45) is 14.3. The summed E-state index contributed by atoms with van der Waals surface area (Å²) in [4.78, 5) is 0. The summed E-state index contributed by atoms with van der Waals surface area (Å²) in [5.41, 5.74) is 6.71. The van der Waals surface area contributed by atoms with Crippen LogP contribution in [0.3, 0.4) is 0 Å². The van der Waals surface area contributed by atoms with Gasteiger partial charge in [0.25, 0.3) is 0 Å². The van der Waals surface area contributed by atoms with E-state index in [2.05, 4.69) is 6.92 Å². The van der Waals surface area contributed by atoms with Gasteiger partial charge < -0.3 is 10.5 Å². The van der Waals surface area contributed by atoms with Gasteiger partial charge >= 0.3 is 0 Å². The van der Waals surface area contributed by atoms with Crippen molar-refractivity contribution in [1.82, 2.24) is 0 Å². The van der Waals surface area contributed by atoms with Crippen molar-refractivity contribution in [3.63, 3.8) is 0 Å². The second kappa shape index (κ2) is 5.13. The van der Waals surface area contributed by atoms with Crippen LogP contribution in [-0.2, 0) is 4.74 Å². The molecule has 0 aromatic heterocycles. The molecule has 3 aliphatic carbocycles. The van der Waals surface area contributed by atoms with Gasteiger partial charge in [-0.15, -0.1) is 0 Å². The Morgan fingerprint density at radius 1 is 1.00 bits per heavy atom. The maximum Gasteiger partial charge on any atom is 0.0665 e. The lowest BCUT2D eigenvalue weighted by molar-refractivity contribution is -0.183. The molecule has 3 aliphatic rings. The van der Waals surface area contributed by atoms with Crippen molar-refractivity contribution >= 4 is 0 Å². The molecule has 4 atom stereocenters. The van der Waals surface area contributed by atoms with Crippen LogP contribution in [0.5, 0.6) is 0 Å². The largest absolute Gasteiger partial charge is 0.374 e. The van der Waals surface area contributed by atoms with Gasteiger partial charge in [0.1, 0.15) is 0 Å². The summed E-state index contributed by atoms with van der Waals surface area (Å²) in [5.74, 6) is 0.760. The SMILES string of the molecule is CC1CCCCC1OC1CC(N)C12CCCCC2. The molecule has 18 heavy (non-hydrogen) atoms. The van der Waals surface area contributed by atoms with Gasteiger partial charge in [-0.05, 0) is 38.0 Å². The highest BCUT2D eigenvalue weighted by Gasteiger charge is 2.54. The van der Waals surface area contributed by atoms with Gasteiger partial charge in [-0.25, -0.2) is 0 Å². The third kappa shape index (κ3) is 2.12. The molecule has 3 fully saturated rings. The molecule has 104 valence electrons. The van der Waals surface area contributed by atoms with Gasteiger partial charge in [-0.2, -0.15) is 0 Å². The molecule has 2 N–H and O–H groups in total. The predicted molar refractivity (Wildman–Crippen MR) is 74.4 cm³/mol. The summed E-state index contributed by atoms with van der Waals surface area (Å²) in [6, 6.07) is 0.418. The zero-order valence-corrected chi connectivity index (χ0v) is 11.9. The highest BCUT2D eigenvalue weighted by molar-refractivity contribution is 5.08. The number of nitrogens with two attached hydrogens (primary N) is 1. The van der Waals surface area contributed by atoms with E-state index in [1.165, 1.54) is 57.8 Å². The molecule has 2 nitrogen and oxygen atoms in total. The normalized spacial score (nSPS) is 43.7. The third-order valence-electron chi connectivity index (χ3n) is 6.00. The van der Waals surface area contributed by atoms with Gasteiger partial charge in [0.2, 0.25) is 0 Å². The van der Waals surface area contributed by atoms with Crippen LogP contribution >= 0.6 is 0 Å². The first-order valence-corrected chi connectivity index (χ1v) is 8.13. The number of rotatable bonds is 2. The van der Waals surface area contributed by atoms with E-state index in [1.54, 1.807) is 0 Å². The number of hydrogen-bond acceptors (Lipinski definition) is 2. The maximum absolute atomic E-state index is 6.52. The van der Waals surface area contributed by atoms with Crippen LogP contribution in [0, 0.1) is 11.3 Å². The maximum atomic E-state index is 6.52. The molecule has 3 saturated carbocycles. The summed E-state index contributed by atoms with van der Waals surface area (Å²) < 4.78 is 6.52. The minimum atomic E-state index is 0.370. The monoisotopic (exact) mass is 251 g/mol. The van der Waals surface area contributed by atoms with Crippen LogP contribution in [0.25, 0.3) is 0 Å². The highest BCUT2D eigenvalue weighted by atomic mass is 16.5. The van der Waals surface area contributed by atoms with Crippen molar-refractivity contribution < 1.29 is 4.74 Å². The summed E-state index contributed by atoms with van der Waals surface area (Å²) in [5, 5.41) is 0. The molecule has 0 aromatic carbocycles. The Bertz CT molecular complexity index is 285. The first-order valence-electron chi connectivity index (χ1n) is 8.13. The van der Waals surface area contributed by atoms with E-state index < -0.39 is 0 Å². The molecule has 1 spiro atoms. The molecule has 0 aromatic rings. The summed E-state index contributed by atoms with van der Waals surface area (Å²) in [6.45, 7) is 2.37. The average Bonchev–Trinajstić information content (AvgIpc) is 2.41. The van der Waals surface area contributed by atoms with E-state index >= 15 is 0 Å². The fourth-order valence-electron chi connectivity index (χ4n) is 4.57. The second-order valence-electron chi connectivity index (χ2n) is 7.06.